The molecule has 2 aliphatic rings. The molecule has 0 bridgehead atoms. The highest BCUT2D eigenvalue weighted by atomic mass is 79.9. The van der Waals surface area contributed by atoms with Gasteiger partial charge >= 0.3 is 6.03 Å². The quantitative estimate of drug-likeness (QED) is 0.766. The minimum atomic E-state index is -4.01. The van der Waals surface area contributed by atoms with Crippen LogP contribution in [0.15, 0.2) is 69.1 Å². The number of carbonyl (C=O) groups excluding carboxylic acids is 1. The molecule has 8 heteroatoms. The van der Waals surface area contributed by atoms with Gasteiger partial charge in [-0.3, -0.25) is 0 Å². The van der Waals surface area contributed by atoms with Crippen molar-refractivity contribution in [2.75, 3.05) is 0 Å². The Morgan fingerprint density at radius 1 is 1.07 bits per heavy atom. The molecule has 27 heavy (non-hydrogen) atoms. The van der Waals surface area contributed by atoms with E-state index < -0.39 is 16.1 Å². The molecule has 1 aliphatic carbocycles. The van der Waals surface area contributed by atoms with Crippen LogP contribution in [-0.4, -0.2) is 25.2 Å². The Morgan fingerprint density at radius 3 is 2.41 bits per heavy atom. The summed E-state index contributed by atoms with van der Waals surface area (Å²) in [5.74, 6) is 0.411. The predicted octanol–water partition coefficient (Wildman–Crippen LogP) is 4.06. The SMILES string of the molecule is O=C(NS(=O)(=O)c1ccccc1Br)N1N=C(C2CC2)CC1c1ccccc1. The molecule has 1 N–H and O–H groups in total. The lowest BCUT2D eigenvalue weighted by Crippen LogP contribution is -2.40. The van der Waals surface area contributed by atoms with E-state index in [0.717, 1.165) is 24.1 Å². The first-order valence-electron chi connectivity index (χ1n) is 8.68. The zero-order chi connectivity index (χ0) is 19.0. The van der Waals surface area contributed by atoms with Crippen LogP contribution in [-0.2, 0) is 10.0 Å². The Labute approximate surface area is 166 Å². The van der Waals surface area contributed by atoms with Gasteiger partial charge in [0.15, 0.2) is 0 Å². The largest absolute Gasteiger partial charge is 0.352 e. The molecule has 2 aromatic carbocycles. The number of nitrogens with zero attached hydrogens (tertiary/aromatic N) is 2. The summed E-state index contributed by atoms with van der Waals surface area (Å²) in [4.78, 5) is 12.8. The van der Waals surface area contributed by atoms with Crippen molar-refractivity contribution in [3.63, 3.8) is 0 Å². The molecule has 1 atom stereocenters. The van der Waals surface area contributed by atoms with E-state index >= 15 is 0 Å². The summed E-state index contributed by atoms with van der Waals surface area (Å²) in [5.41, 5.74) is 1.91. The number of amides is 2. The summed E-state index contributed by atoms with van der Waals surface area (Å²) in [5, 5.41) is 5.75. The fourth-order valence-electron chi connectivity index (χ4n) is 3.20. The number of rotatable bonds is 4. The van der Waals surface area contributed by atoms with Gasteiger partial charge in [0.2, 0.25) is 0 Å². The molecule has 2 aromatic rings. The molecular formula is C19H18BrN3O3S. The molecule has 0 radical (unpaired) electrons. The summed E-state index contributed by atoms with van der Waals surface area (Å²) in [7, 11) is -4.01. The van der Waals surface area contributed by atoms with Crippen LogP contribution in [0, 0.1) is 5.92 Å². The number of halogens is 1. The highest BCUT2D eigenvalue weighted by molar-refractivity contribution is 9.10. The average molecular weight is 448 g/mol. The van der Waals surface area contributed by atoms with Gasteiger partial charge in [-0.05, 0) is 52.4 Å². The van der Waals surface area contributed by atoms with Gasteiger partial charge in [-0.2, -0.15) is 5.10 Å². The van der Waals surface area contributed by atoms with E-state index in [0.29, 0.717) is 16.8 Å². The minimum Gasteiger partial charge on any atom is -0.245 e. The highest BCUT2D eigenvalue weighted by Gasteiger charge is 2.40. The van der Waals surface area contributed by atoms with Gasteiger partial charge in [0.05, 0.1) is 6.04 Å². The van der Waals surface area contributed by atoms with Gasteiger partial charge in [-0.25, -0.2) is 22.9 Å². The second kappa shape index (κ2) is 7.09. The topological polar surface area (TPSA) is 78.8 Å². The summed E-state index contributed by atoms with van der Waals surface area (Å²) >= 11 is 3.22. The minimum absolute atomic E-state index is 0.0141. The molecule has 1 aliphatic heterocycles. The van der Waals surface area contributed by atoms with Crippen molar-refractivity contribution in [1.29, 1.82) is 0 Å². The van der Waals surface area contributed by atoms with Gasteiger partial charge in [-0.15, -0.1) is 0 Å². The number of carbonyl (C=O) groups is 1. The van der Waals surface area contributed by atoms with Gasteiger partial charge in [-0.1, -0.05) is 42.5 Å². The van der Waals surface area contributed by atoms with E-state index in [4.69, 9.17) is 0 Å². The van der Waals surface area contributed by atoms with Crippen molar-refractivity contribution in [3.8, 4) is 0 Å². The number of hydrogen-bond acceptors (Lipinski definition) is 4. The maximum atomic E-state index is 12.8. The number of sulfonamides is 1. The summed E-state index contributed by atoms with van der Waals surface area (Å²) in [6, 6.07) is 14.9. The third-order valence-electron chi connectivity index (χ3n) is 4.72. The normalized spacial score (nSPS) is 19.7. The average Bonchev–Trinajstić information content (AvgIpc) is 3.40. The summed E-state index contributed by atoms with van der Waals surface area (Å²) < 4.78 is 27.9. The van der Waals surface area contributed by atoms with Crippen molar-refractivity contribution in [1.82, 2.24) is 9.73 Å². The van der Waals surface area contributed by atoms with Crippen LogP contribution in [0.3, 0.4) is 0 Å². The van der Waals surface area contributed by atoms with E-state index in [1.165, 1.54) is 11.1 Å². The first-order chi connectivity index (χ1) is 13.0. The molecule has 2 amide bonds. The van der Waals surface area contributed by atoms with Crippen molar-refractivity contribution >= 4 is 37.7 Å². The molecule has 6 nitrogen and oxygen atoms in total. The summed E-state index contributed by atoms with van der Waals surface area (Å²) in [6.07, 6.45) is 2.79. The van der Waals surface area contributed by atoms with E-state index in [-0.39, 0.29) is 10.9 Å². The van der Waals surface area contributed by atoms with Gasteiger partial charge in [0, 0.05) is 16.6 Å². The molecule has 0 aromatic heterocycles. The summed E-state index contributed by atoms with van der Waals surface area (Å²) in [6.45, 7) is 0. The lowest BCUT2D eigenvalue weighted by molar-refractivity contribution is 0.192. The molecule has 1 fully saturated rings. The van der Waals surface area contributed by atoms with Crippen LogP contribution in [0.25, 0.3) is 0 Å². The third-order valence-corrected chi connectivity index (χ3v) is 7.06. The van der Waals surface area contributed by atoms with Gasteiger partial charge < -0.3 is 0 Å². The zero-order valence-electron chi connectivity index (χ0n) is 14.4. The fourth-order valence-corrected chi connectivity index (χ4v) is 5.14. The smallest absolute Gasteiger partial charge is 0.245 e. The monoisotopic (exact) mass is 447 g/mol. The molecule has 140 valence electrons. The Kier molecular flexibility index (Phi) is 4.77. The Balaban J connectivity index is 1.61. The lowest BCUT2D eigenvalue weighted by atomic mass is 10.0. The zero-order valence-corrected chi connectivity index (χ0v) is 16.8. The van der Waals surface area contributed by atoms with Crippen LogP contribution in [0.2, 0.25) is 0 Å². The van der Waals surface area contributed by atoms with E-state index in [2.05, 4.69) is 25.8 Å². The Morgan fingerprint density at radius 2 is 1.74 bits per heavy atom. The number of urea groups is 1. The second-order valence-corrected chi connectivity index (χ2v) is 9.19. The standard InChI is InChI=1S/C19H18BrN3O3S/c20-15-8-4-5-9-18(15)27(25,26)22-19(24)23-17(14-6-2-1-3-7-14)12-16(21-23)13-10-11-13/h1-9,13,17H,10-12H2,(H,22,24). The van der Waals surface area contributed by atoms with E-state index in [1.807, 2.05) is 30.3 Å². The first-order valence-corrected chi connectivity index (χ1v) is 11.0. The number of hydrazone groups is 1. The van der Waals surface area contributed by atoms with Crippen LogP contribution in [0.1, 0.15) is 30.9 Å². The van der Waals surface area contributed by atoms with Gasteiger partial charge in [0.25, 0.3) is 10.0 Å². The van der Waals surface area contributed by atoms with Gasteiger partial charge in [0.1, 0.15) is 4.90 Å². The maximum Gasteiger partial charge on any atom is 0.352 e. The molecule has 4 rings (SSSR count). The molecule has 1 heterocycles. The van der Waals surface area contributed by atoms with Crippen LogP contribution >= 0.6 is 15.9 Å². The first kappa shape index (κ1) is 18.2. The fraction of sp³-hybridized carbons (Fsp3) is 0.263. The van der Waals surface area contributed by atoms with E-state index in [9.17, 15) is 13.2 Å². The van der Waals surface area contributed by atoms with Crippen LogP contribution in [0.4, 0.5) is 4.79 Å². The molecule has 0 spiro atoms. The molecule has 0 saturated heterocycles. The Hall–Kier alpha value is -2.19. The van der Waals surface area contributed by atoms with Crippen molar-refractivity contribution in [3.05, 3.63) is 64.6 Å². The van der Waals surface area contributed by atoms with Crippen LogP contribution in [0.5, 0.6) is 0 Å². The number of nitrogens with one attached hydrogen (secondary N) is 1. The Bertz CT molecular complexity index is 1000. The maximum absolute atomic E-state index is 12.8. The van der Waals surface area contributed by atoms with Crippen molar-refractivity contribution < 1.29 is 13.2 Å². The van der Waals surface area contributed by atoms with Crippen molar-refractivity contribution in [2.45, 2.75) is 30.2 Å². The molecule has 1 unspecified atom stereocenters. The highest BCUT2D eigenvalue weighted by Crippen LogP contribution is 2.40. The predicted molar refractivity (Wildman–Crippen MR) is 106 cm³/mol. The second-order valence-electron chi connectivity index (χ2n) is 6.68. The van der Waals surface area contributed by atoms with Crippen LogP contribution < -0.4 is 4.72 Å². The number of hydrogen-bond donors (Lipinski definition) is 1. The van der Waals surface area contributed by atoms with E-state index in [1.54, 1.807) is 18.2 Å². The lowest BCUT2D eigenvalue weighted by Gasteiger charge is -2.22. The van der Waals surface area contributed by atoms with Crippen molar-refractivity contribution in [2.24, 2.45) is 11.0 Å². The third kappa shape index (κ3) is 3.77. The molecular weight excluding hydrogens is 430 g/mol. The number of benzene rings is 2. The molecule has 1 saturated carbocycles.